The van der Waals surface area contributed by atoms with Crippen molar-refractivity contribution in [3.8, 4) is 5.88 Å². The van der Waals surface area contributed by atoms with Gasteiger partial charge in [-0.25, -0.2) is 0 Å². The third-order valence-corrected chi connectivity index (χ3v) is 6.16. The summed E-state index contributed by atoms with van der Waals surface area (Å²) in [5, 5.41) is 45.1. The van der Waals surface area contributed by atoms with E-state index in [2.05, 4.69) is 18.9 Å². The van der Waals surface area contributed by atoms with E-state index in [9.17, 15) is 33.6 Å². The Morgan fingerprint density at radius 2 is 1.76 bits per heavy atom. The van der Waals surface area contributed by atoms with Crippen LogP contribution in [0.4, 0.5) is 13.2 Å². The molecule has 1 fully saturated rings. The van der Waals surface area contributed by atoms with E-state index >= 15 is 0 Å². The summed E-state index contributed by atoms with van der Waals surface area (Å²) in [6, 6.07) is 7.50. The van der Waals surface area contributed by atoms with Crippen molar-refractivity contribution in [2.75, 3.05) is 6.61 Å². The highest BCUT2D eigenvalue weighted by molar-refractivity contribution is 7.99. The molecule has 1 saturated heterocycles. The van der Waals surface area contributed by atoms with Gasteiger partial charge in [-0.2, -0.15) is 13.2 Å². The van der Waals surface area contributed by atoms with Crippen molar-refractivity contribution in [2.45, 2.75) is 73.7 Å². The summed E-state index contributed by atoms with van der Waals surface area (Å²) in [5.74, 6) is -0.446. The lowest BCUT2D eigenvalue weighted by atomic mass is 9.99. The van der Waals surface area contributed by atoms with Crippen LogP contribution in [0.2, 0.25) is 0 Å². The van der Waals surface area contributed by atoms with Crippen molar-refractivity contribution >= 4 is 11.8 Å². The van der Waals surface area contributed by atoms with Crippen LogP contribution in [0.15, 0.2) is 29.2 Å². The molecule has 184 valence electrons. The lowest BCUT2D eigenvalue weighted by Crippen LogP contribution is -2.60. The second-order valence-electron chi connectivity index (χ2n) is 8.01. The minimum atomic E-state index is -4.73. The summed E-state index contributed by atoms with van der Waals surface area (Å²) in [4.78, 5) is 1.06. The molecule has 0 amide bonds. The van der Waals surface area contributed by atoms with Crippen LogP contribution in [0.1, 0.15) is 30.7 Å². The summed E-state index contributed by atoms with van der Waals surface area (Å²) in [5.41, 5.74) is -0.537. The summed E-state index contributed by atoms with van der Waals surface area (Å²) >= 11 is 1.68. The first kappa shape index (κ1) is 25.8. The fourth-order valence-corrected chi connectivity index (χ4v) is 4.30. The number of thioether (sulfide) groups is 1. The first-order valence-electron chi connectivity index (χ1n) is 10.4. The Bertz CT molecular complexity index is 906. The van der Waals surface area contributed by atoms with E-state index in [4.69, 9.17) is 9.47 Å². The zero-order chi connectivity index (χ0) is 24.3. The fourth-order valence-electron chi connectivity index (χ4n) is 3.46. The highest BCUT2D eigenvalue weighted by Gasteiger charge is 2.46. The third-order valence-electron chi connectivity index (χ3n) is 5.15. The molecule has 8 nitrogen and oxygen atoms in total. The van der Waals surface area contributed by atoms with Gasteiger partial charge in [-0.3, -0.25) is 5.10 Å². The maximum Gasteiger partial charge on any atom is 0.433 e. The van der Waals surface area contributed by atoms with Crippen LogP contribution >= 0.6 is 11.8 Å². The molecular weight excluding hydrogens is 465 g/mol. The molecule has 3 rings (SSSR count). The Labute approximate surface area is 192 Å². The summed E-state index contributed by atoms with van der Waals surface area (Å²) in [6.45, 7) is 3.43. The topological polar surface area (TPSA) is 128 Å². The van der Waals surface area contributed by atoms with Gasteiger partial charge in [0.05, 0.1) is 6.61 Å². The zero-order valence-corrected chi connectivity index (χ0v) is 18.8. The van der Waals surface area contributed by atoms with Crippen molar-refractivity contribution in [1.82, 2.24) is 10.2 Å². The molecule has 2 heterocycles. The molecule has 5 N–H and O–H groups in total. The Hall–Kier alpha value is -1.83. The van der Waals surface area contributed by atoms with Gasteiger partial charge in [0.2, 0.25) is 12.2 Å². The number of aromatic amines is 1. The second-order valence-corrected chi connectivity index (χ2v) is 9.66. The highest BCUT2D eigenvalue weighted by atomic mass is 32.2. The first-order valence-corrected chi connectivity index (χ1v) is 11.3. The number of nitrogens with zero attached hydrogens (tertiary/aromatic N) is 1. The maximum atomic E-state index is 13.5. The molecule has 1 aliphatic heterocycles. The van der Waals surface area contributed by atoms with Gasteiger partial charge in [-0.05, 0) is 30.5 Å². The molecule has 33 heavy (non-hydrogen) atoms. The predicted molar refractivity (Wildman–Crippen MR) is 113 cm³/mol. The summed E-state index contributed by atoms with van der Waals surface area (Å²) in [7, 11) is 0. The van der Waals surface area contributed by atoms with Crippen LogP contribution in [-0.4, -0.2) is 73.2 Å². The predicted octanol–water partition coefficient (Wildman–Crippen LogP) is 1.89. The molecule has 5 atom stereocenters. The number of H-pyrrole nitrogens is 1. The number of aromatic nitrogens is 2. The molecule has 12 heteroatoms. The molecule has 1 aromatic heterocycles. The highest BCUT2D eigenvalue weighted by Crippen LogP contribution is 2.36. The average molecular weight is 493 g/mol. The molecule has 0 saturated carbocycles. The monoisotopic (exact) mass is 492 g/mol. The van der Waals surface area contributed by atoms with E-state index in [1.807, 2.05) is 29.4 Å². The fraction of sp³-hybridized carbons (Fsp3) is 0.571. The van der Waals surface area contributed by atoms with Gasteiger partial charge in [-0.15, -0.1) is 16.9 Å². The van der Waals surface area contributed by atoms with Crippen LogP contribution in [0.5, 0.6) is 5.88 Å². The van der Waals surface area contributed by atoms with Gasteiger partial charge < -0.3 is 29.9 Å². The van der Waals surface area contributed by atoms with Gasteiger partial charge >= 0.3 is 6.18 Å². The number of benzene rings is 1. The van der Waals surface area contributed by atoms with Crippen LogP contribution in [0.3, 0.4) is 0 Å². The third kappa shape index (κ3) is 6.19. The number of hydrogen-bond donors (Lipinski definition) is 5. The molecule has 2 aromatic rings. The van der Waals surface area contributed by atoms with E-state index in [1.54, 1.807) is 11.8 Å². The average Bonchev–Trinajstić information content (AvgIpc) is 3.16. The quantitative estimate of drug-likeness (QED) is 0.354. The number of aliphatic hydroxyl groups is 4. The van der Waals surface area contributed by atoms with Gasteiger partial charge in [0.15, 0.2) is 0 Å². The van der Waals surface area contributed by atoms with Crippen molar-refractivity contribution < 1.29 is 43.1 Å². The molecule has 1 aliphatic rings. The number of aliphatic hydroxyl groups excluding tert-OH is 4. The van der Waals surface area contributed by atoms with Crippen LogP contribution < -0.4 is 4.74 Å². The van der Waals surface area contributed by atoms with E-state index in [1.165, 1.54) is 0 Å². The van der Waals surface area contributed by atoms with Gasteiger partial charge in [0.25, 0.3) is 0 Å². The van der Waals surface area contributed by atoms with E-state index < -0.39 is 55.1 Å². The number of alkyl halides is 3. The summed E-state index contributed by atoms with van der Waals surface area (Å²) in [6.07, 6.45) is -12.6. The van der Waals surface area contributed by atoms with Gasteiger partial charge in [0.1, 0.15) is 30.1 Å². The van der Waals surface area contributed by atoms with Crippen molar-refractivity contribution in [1.29, 1.82) is 0 Å². The van der Waals surface area contributed by atoms with Crippen LogP contribution in [0, 0.1) is 0 Å². The summed E-state index contributed by atoms with van der Waals surface area (Å²) < 4.78 is 51.2. The van der Waals surface area contributed by atoms with Crippen molar-refractivity contribution in [2.24, 2.45) is 0 Å². The van der Waals surface area contributed by atoms with E-state index in [-0.39, 0.29) is 18.4 Å². The van der Waals surface area contributed by atoms with Crippen molar-refractivity contribution in [3.05, 3.63) is 41.1 Å². The first-order chi connectivity index (χ1) is 15.5. The van der Waals surface area contributed by atoms with Crippen molar-refractivity contribution in [3.63, 3.8) is 0 Å². The lowest BCUT2D eigenvalue weighted by Gasteiger charge is -2.39. The van der Waals surface area contributed by atoms with Gasteiger partial charge in [0, 0.05) is 15.7 Å². The second kappa shape index (κ2) is 10.6. The van der Waals surface area contributed by atoms with Crippen LogP contribution in [0.25, 0.3) is 0 Å². The molecular formula is C21H27F3N2O6S. The molecule has 0 spiro atoms. The minimum Gasteiger partial charge on any atom is -0.443 e. The van der Waals surface area contributed by atoms with Gasteiger partial charge in [-0.1, -0.05) is 26.0 Å². The number of nitrogens with one attached hydrogen (secondary N) is 1. The SMILES string of the molecule is CC(C)Sc1ccc(CCc2c(O[C@@H]3O[C@H](CO)[C@@H](O)[C@H](O)[C@H]3O)n[nH]c2C(F)(F)F)cc1. The lowest BCUT2D eigenvalue weighted by molar-refractivity contribution is -0.278. The largest absolute Gasteiger partial charge is 0.443 e. The number of ether oxygens (including phenoxy) is 2. The number of aryl methyl sites for hydroxylation is 1. The standard InChI is InChI=1S/C21H27F3N2O6S/c1-10(2)33-12-6-3-11(4-7-12)5-8-13-18(21(22,23)24)25-26-19(13)32-20-17(30)16(29)15(28)14(9-27)31-20/h3-4,6-7,10,14-17,20,27-30H,5,8-9H2,1-2H3,(H,25,26)/t14-,15-,16+,17-,20+/m1/s1. The van der Waals surface area contributed by atoms with E-state index in [0.29, 0.717) is 5.25 Å². The zero-order valence-electron chi connectivity index (χ0n) is 18.0. The Morgan fingerprint density at radius 3 is 2.33 bits per heavy atom. The van der Waals surface area contributed by atoms with E-state index in [0.717, 1.165) is 10.5 Å². The smallest absolute Gasteiger partial charge is 0.433 e. The molecule has 0 radical (unpaired) electrons. The Balaban J connectivity index is 1.79. The normalized spacial score (nSPS) is 26.1. The number of rotatable bonds is 8. The molecule has 0 aliphatic carbocycles. The number of halogens is 3. The maximum absolute atomic E-state index is 13.5. The Morgan fingerprint density at radius 1 is 1.09 bits per heavy atom. The number of hydrogen-bond acceptors (Lipinski definition) is 8. The molecule has 1 aromatic carbocycles. The minimum absolute atomic E-state index is 0.0746. The Kier molecular flexibility index (Phi) is 8.30. The molecule has 0 bridgehead atoms. The van der Waals surface area contributed by atoms with Crippen LogP contribution in [-0.2, 0) is 23.8 Å². The molecule has 0 unspecified atom stereocenters.